The second kappa shape index (κ2) is 4.22. The van der Waals surface area contributed by atoms with Crippen molar-refractivity contribution in [3.05, 3.63) is 33.4 Å². The highest BCUT2D eigenvalue weighted by Gasteiger charge is 2.23. The Hall–Kier alpha value is -1.70. The topological polar surface area (TPSA) is 76.3 Å². The van der Waals surface area contributed by atoms with Gasteiger partial charge in [0.2, 0.25) is 5.95 Å². The molecule has 1 aromatic heterocycles. The second-order valence-corrected chi connectivity index (χ2v) is 2.55. The largest absolute Gasteiger partial charge is 0.391 e. The highest BCUT2D eigenvalue weighted by Crippen LogP contribution is 2.26. The normalized spacial score (nSPS) is 10.7. The number of hydrogen-bond acceptors (Lipinski definition) is 4. The van der Waals surface area contributed by atoms with Gasteiger partial charge in [0, 0.05) is 6.07 Å². The maximum atomic E-state index is 12.9. The van der Waals surface area contributed by atoms with Crippen LogP contribution in [0, 0.1) is 16.1 Å². The van der Waals surface area contributed by atoms with Crippen LogP contribution >= 0.6 is 0 Å². The molecule has 0 aromatic carbocycles. The van der Waals surface area contributed by atoms with Crippen molar-refractivity contribution in [2.75, 3.05) is 0 Å². The van der Waals surface area contributed by atoms with Gasteiger partial charge >= 0.3 is 0 Å². The van der Waals surface area contributed by atoms with E-state index in [1.54, 1.807) is 0 Å². The van der Waals surface area contributed by atoms with Crippen LogP contribution in [-0.4, -0.2) is 15.0 Å². The lowest BCUT2D eigenvalue weighted by atomic mass is 10.2. The lowest BCUT2D eigenvalue weighted by molar-refractivity contribution is -0.386. The molecule has 0 saturated carbocycles. The Kier molecular flexibility index (Phi) is 3.20. The van der Waals surface area contributed by atoms with E-state index in [1.165, 1.54) is 0 Å². The van der Waals surface area contributed by atoms with Gasteiger partial charge in [-0.1, -0.05) is 0 Å². The fourth-order valence-electron chi connectivity index (χ4n) is 0.967. The standard InChI is InChI=1S/C7H5F3N2O3/c8-6(9)4-1-5(12(14)15)3(2-13)7(10)11-4/h1,6,13H,2H2. The quantitative estimate of drug-likeness (QED) is 0.478. The van der Waals surface area contributed by atoms with E-state index in [-0.39, 0.29) is 0 Å². The predicted molar refractivity (Wildman–Crippen MR) is 41.7 cm³/mol. The van der Waals surface area contributed by atoms with Crippen molar-refractivity contribution < 1.29 is 23.2 Å². The van der Waals surface area contributed by atoms with E-state index in [4.69, 9.17) is 5.11 Å². The lowest BCUT2D eigenvalue weighted by Crippen LogP contribution is -2.04. The van der Waals surface area contributed by atoms with E-state index >= 15 is 0 Å². The third kappa shape index (κ3) is 2.21. The van der Waals surface area contributed by atoms with Gasteiger partial charge in [0.25, 0.3) is 12.1 Å². The Morgan fingerprint density at radius 2 is 2.20 bits per heavy atom. The van der Waals surface area contributed by atoms with Crippen LogP contribution in [0.4, 0.5) is 18.9 Å². The first-order valence-corrected chi connectivity index (χ1v) is 3.70. The lowest BCUT2D eigenvalue weighted by Gasteiger charge is -2.03. The number of alkyl halides is 2. The van der Waals surface area contributed by atoms with Crippen LogP contribution in [0.1, 0.15) is 17.7 Å². The summed E-state index contributed by atoms with van der Waals surface area (Å²) in [6.45, 7) is -0.974. The van der Waals surface area contributed by atoms with Crippen molar-refractivity contribution in [1.82, 2.24) is 4.98 Å². The van der Waals surface area contributed by atoms with Crippen molar-refractivity contribution >= 4 is 5.69 Å². The molecule has 1 heterocycles. The molecular weight excluding hydrogens is 217 g/mol. The molecular formula is C7H5F3N2O3. The summed E-state index contributed by atoms with van der Waals surface area (Å²) in [6.07, 6.45) is -3.11. The Bertz CT molecular complexity index is 397. The van der Waals surface area contributed by atoms with E-state index < -0.39 is 40.8 Å². The minimum atomic E-state index is -3.11. The monoisotopic (exact) mass is 222 g/mol. The number of nitro groups is 1. The molecule has 0 aliphatic carbocycles. The van der Waals surface area contributed by atoms with E-state index in [9.17, 15) is 23.3 Å². The fourth-order valence-corrected chi connectivity index (χ4v) is 0.967. The predicted octanol–water partition coefficient (Wildman–Crippen LogP) is 1.56. The van der Waals surface area contributed by atoms with E-state index in [1.807, 2.05) is 0 Å². The Balaban J connectivity index is 3.38. The second-order valence-electron chi connectivity index (χ2n) is 2.55. The van der Waals surface area contributed by atoms with Crippen molar-refractivity contribution in [2.24, 2.45) is 0 Å². The molecule has 1 N–H and O–H groups in total. The Labute approximate surface area is 81.3 Å². The Morgan fingerprint density at radius 1 is 1.60 bits per heavy atom. The summed E-state index contributed by atoms with van der Waals surface area (Å²) in [5.41, 5.74) is -2.64. The fraction of sp³-hybridized carbons (Fsp3) is 0.286. The van der Waals surface area contributed by atoms with Gasteiger partial charge < -0.3 is 5.11 Å². The van der Waals surface area contributed by atoms with Crippen molar-refractivity contribution in [3.8, 4) is 0 Å². The molecule has 0 aliphatic heterocycles. The first kappa shape index (κ1) is 11.4. The summed E-state index contributed by atoms with van der Waals surface area (Å²) < 4.78 is 37.1. The van der Waals surface area contributed by atoms with Gasteiger partial charge in [-0.15, -0.1) is 0 Å². The molecule has 0 saturated heterocycles. The number of nitrogens with zero attached hydrogens (tertiary/aromatic N) is 2. The molecule has 0 atom stereocenters. The maximum absolute atomic E-state index is 12.9. The van der Waals surface area contributed by atoms with Gasteiger partial charge in [-0.2, -0.15) is 4.39 Å². The van der Waals surface area contributed by atoms with Crippen LogP contribution in [-0.2, 0) is 6.61 Å². The molecule has 1 rings (SSSR count). The first-order valence-electron chi connectivity index (χ1n) is 3.70. The molecule has 15 heavy (non-hydrogen) atoms. The van der Waals surface area contributed by atoms with Crippen molar-refractivity contribution in [1.29, 1.82) is 0 Å². The molecule has 0 radical (unpaired) electrons. The van der Waals surface area contributed by atoms with E-state index in [0.29, 0.717) is 6.07 Å². The van der Waals surface area contributed by atoms with Gasteiger partial charge in [0.1, 0.15) is 11.3 Å². The molecule has 0 bridgehead atoms. The van der Waals surface area contributed by atoms with Gasteiger partial charge in [-0.05, 0) is 0 Å². The van der Waals surface area contributed by atoms with Crippen molar-refractivity contribution in [2.45, 2.75) is 13.0 Å². The third-order valence-electron chi connectivity index (χ3n) is 1.65. The van der Waals surface area contributed by atoms with E-state index in [2.05, 4.69) is 4.98 Å². The number of aromatic nitrogens is 1. The number of hydrogen-bond donors (Lipinski definition) is 1. The average Bonchev–Trinajstić information content (AvgIpc) is 2.16. The summed E-state index contributed by atoms with van der Waals surface area (Å²) in [5, 5.41) is 19.0. The van der Waals surface area contributed by atoms with Crippen LogP contribution in [0.3, 0.4) is 0 Å². The number of aliphatic hydroxyl groups excluding tert-OH is 1. The molecule has 0 amide bonds. The molecule has 0 aliphatic rings. The third-order valence-corrected chi connectivity index (χ3v) is 1.65. The highest BCUT2D eigenvalue weighted by molar-refractivity contribution is 5.40. The van der Waals surface area contributed by atoms with Crippen LogP contribution in [0.5, 0.6) is 0 Å². The zero-order valence-corrected chi connectivity index (χ0v) is 7.15. The zero-order chi connectivity index (χ0) is 11.6. The summed E-state index contributed by atoms with van der Waals surface area (Å²) >= 11 is 0. The van der Waals surface area contributed by atoms with Crippen LogP contribution in [0.2, 0.25) is 0 Å². The Morgan fingerprint density at radius 3 is 2.60 bits per heavy atom. The van der Waals surface area contributed by atoms with Crippen molar-refractivity contribution in [3.63, 3.8) is 0 Å². The van der Waals surface area contributed by atoms with Gasteiger partial charge in [-0.3, -0.25) is 10.1 Å². The minimum Gasteiger partial charge on any atom is -0.391 e. The molecule has 82 valence electrons. The molecule has 8 heteroatoms. The molecule has 0 spiro atoms. The summed E-state index contributed by atoms with van der Waals surface area (Å²) in [7, 11) is 0. The summed E-state index contributed by atoms with van der Waals surface area (Å²) in [6, 6.07) is 0.444. The van der Waals surface area contributed by atoms with Gasteiger partial charge in [0.15, 0.2) is 0 Å². The summed E-state index contributed by atoms with van der Waals surface area (Å²) in [5.74, 6) is -1.46. The van der Waals surface area contributed by atoms with E-state index in [0.717, 1.165) is 0 Å². The molecule has 0 unspecified atom stereocenters. The molecule has 1 aromatic rings. The molecule has 5 nitrogen and oxygen atoms in total. The van der Waals surface area contributed by atoms with Crippen LogP contribution < -0.4 is 0 Å². The van der Waals surface area contributed by atoms with Crippen LogP contribution in [0.25, 0.3) is 0 Å². The SMILES string of the molecule is O=[N+]([O-])c1cc(C(F)F)nc(F)c1CO. The average molecular weight is 222 g/mol. The van der Waals surface area contributed by atoms with Crippen LogP contribution in [0.15, 0.2) is 6.07 Å². The number of aliphatic hydroxyl groups is 1. The number of halogens is 3. The highest BCUT2D eigenvalue weighted by atomic mass is 19.3. The maximum Gasteiger partial charge on any atom is 0.281 e. The number of pyridine rings is 1. The zero-order valence-electron chi connectivity index (χ0n) is 7.15. The minimum absolute atomic E-state index is 0.444. The van der Waals surface area contributed by atoms with Gasteiger partial charge in [-0.25, -0.2) is 13.8 Å². The smallest absolute Gasteiger partial charge is 0.281 e. The van der Waals surface area contributed by atoms with Gasteiger partial charge in [0.05, 0.1) is 11.5 Å². The first-order chi connectivity index (χ1) is 6.97. The number of rotatable bonds is 3. The summed E-state index contributed by atoms with van der Waals surface area (Å²) in [4.78, 5) is 12.1. The molecule has 0 fully saturated rings.